The normalized spacial score (nSPS) is 17.6. The lowest BCUT2D eigenvalue weighted by Crippen LogP contribution is -2.29. The van der Waals surface area contributed by atoms with Crippen LogP contribution in [0.4, 0.5) is 8.78 Å². The van der Waals surface area contributed by atoms with Crippen LogP contribution in [0, 0.1) is 11.6 Å². The smallest absolute Gasteiger partial charge is 0.215 e. The van der Waals surface area contributed by atoms with Crippen molar-refractivity contribution in [3.8, 4) is 0 Å². The summed E-state index contributed by atoms with van der Waals surface area (Å²) in [5, 5.41) is 4.64. The molecule has 1 aromatic carbocycles. The number of benzene rings is 1. The van der Waals surface area contributed by atoms with Crippen molar-refractivity contribution in [3.05, 3.63) is 52.9 Å². The Morgan fingerprint density at radius 2 is 1.69 bits per heavy atom. The molecule has 140 valence electrons. The Morgan fingerprint density at radius 3 is 2.31 bits per heavy atom. The highest BCUT2D eigenvalue weighted by Crippen LogP contribution is 2.44. The van der Waals surface area contributed by atoms with E-state index in [1.807, 2.05) is 4.68 Å². The lowest BCUT2D eigenvalue weighted by atomic mass is 10.2. The summed E-state index contributed by atoms with van der Waals surface area (Å²) >= 11 is 0. The van der Waals surface area contributed by atoms with Gasteiger partial charge in [-0.05, 0) is 49.4 Å². The molecule has 2 aliphatic rings. The summed E-state index contributed by atoms with van der Waals surface area (Å²) in [6.07, 6.45) is 4.68. The van der Waals surface area contributed by atoms with E-state index in [2.05, 4.69) is 15.9 Å². The first-order chi connectivity index (χ1) is 12.4. The van der Waals surface area contributed by atoms with Crippen LogP contribution in [0.5, 0.6) is 0 Å². The van der Waals surface area contributed by atoms with Crippen LogP contribution in [0.25, 0.3) is 0 Å². The lowest BCUT2D eigenvalue weighted by molar-refractivity contribution is 0.547. The topological polar surface area (TPSA) is 64.0 Å². The second-order valence-electron chi connectivity index (χ2n) is 7.20. The zero-order valence-corrected chi connectivity index (χ0v) is 15.1. The molecular weight excluding hydrogens is 360 g/mol. The van der Waals surface area contributed by atoms with Gasteiger partial charge in [-0.25, -0.2) is 21.9 Å². The molecular formula is C18H21F2N3O2S. The fraction of sp³-hybridized carbons (Fsp3) is 0.500. The second kappa shape index (κ2) is 6.74. The van der Waals surface area contributed by atoms with Gasteiger partial charge in [-0.1, -0.05) is 0 Å². The molecule has 26 heavy (non-hydrogen) atoms. The predicted molar refractivity (Wildman–Crippen MR) is 93.2 cm³/mol. The maximum absolute atomic E-state index is 13.2. The highest BCUT2D eigenvalue weighted by Gasteiger charge is 2.32. The summed E-state index contributed by atoms with van der Waals surface area (Å²) in [5.74, 6) is -0.916. The van der Waals surface area contributed by atoms with Gasteiger partial charge in [-0.2, -0.15) is 5.10 Å². The van der Waals surface area contributed by atoms with Gasteiger partial charge in [0.15, 0.2) is 0 Å². The first kappa shape index (κ1) is 17.6. The van der Waals surface area contributed by atoms with Crippen molar-refractivity contribution < 1.29 is 17.2 Å². The molecule has 0 atom stereocenters. The van der Waals surface area contributed by atoms with Gasteiger partial charge in [-0.3, -0.25) is 4.68 Å². The lowest BCUT2D eigenvalue weighted by Gasteiger charge is -2.09. The van der Waals surface area contributed by atoms with Crippen LogP contribution in [-0.2, 0) is 22.3 Å². The van der Waals surface area contributed by atoms with Crippen molar-refractivity contribution in [2.24, 2.45) is 0 Å². The zero-order chi connectivity index (χ0) is 18.3. The summed E-state index contributed by atoms with van der Waals surface area (Å²) in [6.45, 7) is 0.654. The number of aromatic nitrogens is 2. The van der Waals surface area contributed by atoms with Gasteiger partial charge in [0.05, 0.1) is 18.0 Å². The molecule has 1 N–H and O–H groups in total. The number of hydrogen-bond acceptors (Lipinski definition) is 3. The van der Waals surface area contributed by atoms with Gasteiger partial charge in [0.25, 0.3) is 0 Å². The average Bonchev–Trinajstić information content (AvgIpc) is 3.44. The summed E-state index contributed by atoms with van der Waals surface area (Å²) in [6, 6.07) is 4.95. The second-order valence-corrected chi connectivity index (χ2v) is 9.00. The van der Waals surface area contributed by atoms with Crippen LogP contribution >= 0.6 is 0 Å². The van der Waals surface area contributed by atoms with Crippen molar-refractivity contribution in [2.45, 2.75) is 49.8 Å². The molecule has 1 aromatic heterocycles. The third-order valence-electron chi connectivity index (χ3n) is 4.75. The van der Waals surface area contributed by atoms with Crippen LogP contribution < -0.4 is 4.72 Å². The predicted octanol–water partition coefficient (Wildman–Crippen LogP) is 3.04. The van der Waals surface area contributed by atoms with Gasteiger partial charge in [0, 0.05) is 30.1 Å². The van der Waals surface area contributed by atoms with Crippen LogP contribution in [-0.4, -0.2) is 24.7 Å². The molecule has 0 bridgehead atoms. The summed E-state index contributed by atoms with van der Waals surface area (Å²) in [4.78, 5) is 0. The van der Waals surface area contributed by atoms with E-state index in [0.717, 1.165) is 36.7 Å². The minimum atomic E-state index is -3.68. The molecule has 0 radical (unpaired) electrons. The Balaban J connectivity index is 1.37. The molecule has 2 aromatic rings. The molecule has 1 heterocycles. The Hall–Kier alpha value is -1.80. The fourth-order valence-electron chi connectivity index (χ4n) is 3.19. The van der Waals surface area contributed by atoms with Gasteiger partial charge in [-0.15, -0.1) is 0 Å². The molecule has 0 unspecified atom stereocenters. The number of rotatable bonds is 8. The molecule has 0 saturated heterocycles. The van der Waals surface area contributed by atoms with Crippen molar-refractivity contribution in [2.75, 3.05) is 6.54 Å². The quantitative estimate of drug-likeness (QED) is 0.764. The van der Waals surface area contributed by atoms with E-state index < -0.39 is 27.4 Å². The van der Waals surface area contributed by atoms with Gasteiger partial charge < -0.3 is 0 Å². The highest BCUT2D eigenvalue weighted by molar-refractivity contribution is 7.88. The van der Waals surface area contributed by atoms with Crippen LogP contribution in [0.2, 0.25) is 0 Å². The van der Waals surface area contributed by atoms with Crippen molar-refractivity contribution in [1.29, 1.82) is 0 Å². The van der Waals surface area contributed by atoms with Crippen LogP contribution in [0.15, 0.2) is 24.3 Å². The molecule has 2 saturated carbocycles. The number of sulfonamides is 1. The first-order valence-electron chi connectivity index (χ1n) is 8.89. The number of hydrogen-bond donors (Lipinski definition) is 1. The summed E-state index contributed by atoms with van der Waals surface area (Å²) in [7, 11) is -3.68. The number of nitrogens with zero attached hydrogens (tertiary/aromatic N) is 2. The number of nitrogens with one attached hydrogen (secondary N) is 1. The van der Waals surface area contributed by atoms with Crippen molar-refractivity contribution in [3.63, 3.8) is 0 Å². The van der Waals surface area contributed by atoms with Gasteiger partial charge in [0.1, 0.15) is 11.6 Å². The SMILES string of the molecule is O=S(=O)(Cc1cc(F)cc(F)c1)NCCn1nc(C2CC2)cc1C1CC1. The molecule has 5 nitrogen and oxygen atoms in total. The van der Waals surface area contributed by atoms with E-state index in [-0.39, 0.29) is 12.1 Å². The van der Waals surface area contributed by atoms with Crippen LogP contribution in [0.1, 0.15) is 54.5 Å². The third-order valence-corrected chi connectivity index (χ3v) is 6.10. The maximum Gasteiger partial charge on any atom is 0.215 e. The van der Waals surface area contributed by atoms with E-state index in [1.165, 1.54) is 18.5 Å². The van der Waals surface area contributed by atoms with Gasteiger partial charge in [0.2, 0.25) is 10.0 Å². The van der Waals surface area contributed by atoms with Crippen molar-refractivity contribution >= 4 is 10.0 Å². The minimum Gasteiger partial charge on any atom is -0.268 e. The largest absolute Gasteiger partial charge is 0.268 e. The first-order valence-corrected chi connectivity index (χ1v) is 10.5. The molecule has 2 aliphatic carbocycles. The van der Waals surface area contributed by atoms with Crippen LogP contribution in [0.3, 0.4) is 0 Å². The molecule has 8 heteroatoms. The van der Waals surface area contributed by atoms with Gasteiger partial charge >= 0.3 is 0 Å². The Bertz CT molecular complexity index is 898. The fourth-order valence-corrected chi connectivity index (χ4v) is 4.30. The maximum atomic E-state index is 13.2. The average molecular weight is 381 g/mol. The van der Waals surface area contributed by atoms with E-state index >= 15 is 0 Å². The molecule has 4 rings (SSSR count). The highest BCUT2D eigenvalue weighted by atomic mass is 32.2. The zero-order valence-electron chi connectivity index (χ0n) is 14.3. The summed E-state index contributed by atoms with van der Waals surface area (Å²) < 4.78 is 55.2. The van der Waals surface area contributed by atoms with E-state index in [1.54, 1.807) is 0 Å². The Labute approximate surface area is 151 Å². The number of halogens is 2. The Kier molecular flexibility index (Phi) is 4.56. The summed E-state index contributed by atoms with van der Waals surface area (Å²) in [5.41, 5.74) is 2.40. The Morgan fingerprint density at radius 1 is 1.04 bits per heavy atom. The van der Waals surface area contributed by atoms with E-state index in [0.29, 0.717) is 18.4 Å². The molecule has 0 aliphatic heterocycles. The molecule has 2 fully saturated rings. The van der Waals surface area contributed by atoms with Crippen molar-refractivity contribution in [1.82, 2.24) is 14.5 Å². The molecule has 0 amide bonds. The monoisotopic (exact) mass is 381 g/mol. The standard InChI is InChI=1S/C18H21F2N3O2S/c19-15-7-12(8-16(20)9-15)11-26(24,25)21-5-6-23-18(14-3-4-14)10-17(22-23)13-1-2-13/h7-10,13-14,21H,1-6,11H2. The third kappa shape index (κ3) is 4.29. The van der Waals surface area contributed by atoms with E-state index in [9.17, 15) is 17.2 Å². The molecule has 0 spiro atoms. The van der Waals surface area contributed by atoms with E-state index in [4.69, 9.17) is 0 Å². The minimum absolute atomic E-state index is 0.0868.